The van der Waals surface area contributed by atoms with Crippen molar-refractivity contribution < 1.29 is 8.78 Å². The third kappa shape index (κ3) is 1.76. The van der Waals surface area contributed by atoms with Crippen LogP contribution in [0.15, 0.2) is 39.7 Å². The maximum absolute atomic E-state index is 12.7. The molecule has 14 heavy (non-hydrogen) atoms. The van der Waals surface area contributed by atoms with Crippen molar-refractivity contribution in [2.45, 2.75) is 0 Å². The summed E-state index contributed by atoms with van der Waals surface area (Å²) in [7, 11) is 0. The number of hydrogen-bond acceptors (Lipinski definition) is 2. The summed E-state index contributed by atoms with van der Waals surface area (Å²) >= 11 is 2.84. The highest BCUT2D eigenvalue weighted by molar-refractivity contribution is 7.08. The zero-order valence-corrected chi connectivity index (χ0v) is 8.67. The summed E-state index contributed by atoms with van der Waals surface area (Å²) in [6.45, 7) is 0. The van der Waals surface area contributed by atoms with Crippen LogP contribution < -0.4 is 0 Å². The van der Waals surface area contributed by atoms with Gasteiger partial charge in [0.2, 0.25) is 0 Å². The molecule has 2 heterocycles. The van der Waals surface area contributed by atoms with Gasteiger partial charge in [-0.25, -0.2) is 0 Å². The van der Waals surface area contributed by atoms with Crippen LogP contribution in [-0.4, -0.2) is 0 Å². The summed E-state index contributed by atoms with van der Waals surface area (Å²) in [4.78, 5) is 0. The number of hydrogen-bond donors (Lipinski definition) is 0. The second-order valence-corrected chi connectivity index (χ2v) is 4.22. The SMILES string of the molecule is FC(F)=C(c1ccsc1)c1ccsc1. The summed E-state index contributed by atoms with van der Waals surface area (Å²) in [5.74, 6) is 0. The molecule has 0 N–H and O–H groups in total. The molecule has 0 aromatic carbocycles. The van der Waals surface area contributed by atoms with Gasteiger partial charge in [-0.1, -0.05) is 0 Å². The van der Waals surface area contributed by atoms with Crippen LogP contribution in [0.5, 0.6) is 0 Å². The monoisotopic (exact) mass is 228 g/mol. The van der Waals surface area contributed by atoms with E-state index in [2.05, 4.69) is 0 Å². The molecule has 0 saturated heterocycles. The van der Waals surface area contributed by atoms with Crippen LogP contribution in [0, 0.1) is 0 Å². The molecule has 2 rings (SSSR count). The summed E-state index contributed by atoms with van der Waals surface area (Å²) < 4.78 is 25.4. The Labute approximate surface area is 88.1 Å². The number of thiophene rings is 2. The normalized spacial score (nSPS) is 10.1. The fourth-order valence-corrected chi connectivity index (χ4v) is 2.49. The number of rotatable bonds is 2. The highest BCUT2D eigenvalue weighted by Crippen LogP contribution is 2.30. The predicted molar refractivity (Wildman–Crippen MR) is 56.9 cm³/mol. The van der Waals surface area contributed by atoms with Gasteiger partial charge >= 0.3 is 0 Å². The average Bonchev–Trinajstić information content (AvgIpc) is 2.75. The van der Waals surface area contributed by atoms with Crippen LogP contribution in [-0.2, 0) is 0 Å². The lowest BCUT2D eigenvalue weighted by Gasteiger charge is -2.00. The Balaban J connectivity index is 2.52. The minimum atomic E-state index is -1.62. The minimum Gasteiger partial charge on any atom is -0.173 e. The summed E-state index contributed by atoms with van der Waals surface area (Å²) in [6, 6.07) is 3.41. The predicted octanol–water partition coefficient (Wildman–Crippen LogP) is 4.47. The Morgan fingerprint density at radius 3 is 1.71 bits per heavy atom. The Morgan fingerprint density at radius 1 is 0.929 bits per heavy atom. The van der Waals surface area contributed by atoms with Gasteiger partial charge in [-0.3, -0.25) is 0 Å². The first-order chi connectivity index (χ1) is 6.79. The van der Waals surface area contributed by atoms with Gasteiger partial charge in [-0.2, -0.15) is 31.5 Å². The molecule has 0 aliphatic heterocycles. The summed E-state index contributed by atoms with van der Waals surface area (Å²) in [6.07, 6.45) is -1.62. The van der Waals surface area contributed by atoms with Crippen molar-refractivity contribution >= 4 is 28.2 Å². The molecule has 0 fully saturated rings. The van der Waals surface area contributed by atoms with Crippen molar-refractivity contribution in [3.05, 3.63) is 50.9 Å². The van der Waals surface area contributed by atoms with Crippen LogP contribution in [0.25, 0.3) is 5.57 Å². The summed E-state index contributed by atoms with van der Waals surface area (Å²) in [5.41, 5.74) is 1.23. The van der Waals surface area contributed by atoms with Crippen molar-refractivity contribution in [1.82, 2.24) is 0 Å². The molecule has 0 radical (unpaired) electrons. The van der Waals surface area contributed by atoms with E-state index < -0.39 is 6.08 Å². The number of halogens is 2. The van der Waals surface area contributed by atoms with Crippen LogP contribution >= 0.6 is 22.7 Å². The Morgan fingerprint density at radius 2 is 1.43 bits per heavy atom. The molecule has 0 unspecified atom stereocenters. The molecule has 72 valence electrons. The zero-order chi connectivity index (χ0) is 9.97. The van der Waals surface area contributed by atoms with Gasteiger partial charge < -0.3 is 0 Å². The van der Waals surface area contributed by atoms with Gasteiger partial charge in [0.25, 0.3) is 6.08 Å². The fraction of sp³-hybridized carbons (Fsp3) is 0. The van der Waals surface area contributed by atoms with Crippen LogP contribution in [0.2, 0.25) is 0 Å². The maximum Gasteiger partial charge on any atom is 0.278 e. The van der Waals surface area contributed by atoms with Crippen LogP contribution in [0.4, 0.5) is 8.78 Å². The molecular weight excluding hydrogens is 222 g/mol. The molecule has 0 bridgehead atoms. The highest BCUT2D eigenvalue weighted by atomic mass is 32.1. The lowest BCUT2D eigenvalue weighted by Crippen LogP contribution is -1.83. The van der Waals surface area contributed by atoms with Crippen molar-refractivity contribution in [3.63, 3.8) is 0 Å². The largest absolute Gasteiger partial charge is 0.278 e. The molecular formula is C10H6F2S2. The Kier molecular flexibility index (Phi) is 2.74. The van der Waals surface area contributed by atoms with Gasteiger partial charge in [0, 0.05) is 0 Å². The minimum absolute atomic E-state index is 0.0486. The lowest BCUT2D eigenvalue weighted by molar-refractivity contribution is 0.426. The lowest BCUT2D eigenvalue weighted by atomic mass is 10.1. The maximum atomic E-state index is 12.7. The molecule has 4 heteroatoms. The smallest absolute Gasteiger partial charge is 0.173 e. The third-order valence-corrected chi connectivity index (χ3v) is 3.18. The quantitative estimate of drug-likeness (QED) is 0.711. The van der Waals surface area contributed by atoms with E-state index in [-0.39, 0.29) is 5.57 Å². The fourth-order valence-electron chi connectivity index (χ4n) is 1.20. The van der Waals surface area contributed by atoms with E-state index in [0.29, 0.717) is 11.1 Å². The van der Waals surface area contributed by atoms with Gasteiger partial charge in [0.05, 0.1) is 5.57 Å². The molecule has 2 aromatic rings. The van der Waals surface area contributed by atoms with Gasteiger partial charge in [-0.15, -0.1) is 0 Å². The van der Waals surface area contributed by atoms with E-state index in [1.54, 1.807) is 33.7 Å². The molecule has 0 saturated carbocycles. The van der Waals surface area contributed by atoms with Crippen molar-refractivity contribution in [1.29, 1.82) is 0 Å². The van der Waals surface area contributed by atoms with Crippen LogP contribution in [0.1, 0.15) is 11.1 Å². The first-order valence-electron chi connectivity index (χ1n) is 3.89. The standard InChI is InChI=1S/C10H6F2S2/c11-10(12)9(7-1-3-13-5-7)8-2-4-14-6-8/h1-6H. The van der Waals surface area contributed by atoms with E-state index in [0.717, 1.165) is 0 Å². The molecule has 0 nitrogen and oxygen atoms in total. The second-order valence-electron chi connectivity index (χ2n) is 2.66. The van der Waals surface area contributed by atoms with Gasteiger partial charge in [-0.05, 0) is 44.8 Å². The van der Waals surface area contributed by atoms with Gasteiger partial charge in [0.15, 0.2) is 0 Å². The van der Waals surface area contributed by atoms with E-state index in [4.69, 9.17) is 0 Å². The van der Waals surface area contributed by atoms with Crippen LogP contribution in [0.3, 0.4) is 0 Å². The first kappa shape index (κ1) is 9.55. The summed E-state index contributed by atoms with van der Waals surface area (Å²) in [5, 5.41) is 7.05. The molecule has 0 aliphatic carbocycles. The zero-order valence-electron chi connectivity index (χ0n) is 7.04. The first-order valence-corrected chi connectivity index (χ1v) is 5.78. The molecule has 0 atom stereocenters. The van der Waals surface area contributed by atoms with Crippen molar-refractivity contribution in [2.75, 3.05) is 0 Å². The second kappa shape index (κ2) is 4.02. The van der Waals surface area contributed by atoms with Gasteiger partial charge in [0.1, 0.15) is 0 Å². The Bertz CT molecular complexity index is 386. The highest BCUT2D eigenvalue weighted by Gasteiger charge is 2.12. The van der Waals surface area contributed by atoms with E-state index in [1.807, 2.05) is 0 Å². The average molecular weight is 228 g/mol. The van der Waals surface area contributed by atoms with E-state index in [1.165, 1.54) is 22.7 Å². The van der Waals surface area contributed by atoms with Crippen molar-refractivity contribution in [3.8, 4) is 0 Å². The van der Waals surface area contributed by atoms with E-state index in [9.17, 15) is 8.78 Å². The Hall–Kier alpha value is -1.00. The van der Waals surface area contributed by atoms with E-state index >= 15 is 0 Å². The molecule has 0 amide bonds. The third-order valence-electron chi connectivity index (χ3n) is 1.81. The topological polar surface area (TPSA) is 0 Å². The molecule has 2 aromatic heterocycles. The molecule has 0 aliphatic rings. The van der Waals surface area contributed by atoms with Crippen molar-refractivity contribution in [2.24, 2.45) is 0 Å². The molecule has 0 spiro atoms.